The molecule has 3 atom stereocenters. The quantitative estimate of drug-likeness (QED) is 0.721. The Morgan fingerprint density at radius 2 is 2.16 bits per heavy atom. The summed E-state index contributed by atoms with van der Waals surface area (Å²) in [6, 6.07) is 2.99. The molecule has 2 heterocycles. The Morgan fingerprint density at radius 3 is 2.84 bits per heavy atom. The summed E-state index contributed by atoms with van der Waals surface area (Å²) >= 11 is 0. The zero-order valence-electron chi connectivity index (χ0n) is 10.5. The SMILES string of the molecule is Nc1ccc(C(=O)O)nc1N1CC2CCC(O)C2C1. The van der Waals surface area contributed by atoms with E-state index in [1.165, 1.54) is 6.07 Å². The van der Waals surface area contributed by atoms with Crippen LogP contribution in [-0.2, 0) is 0 Å². The fourth-order valence-electron chi connectivity index (χ4n) is 3.24. The smallest absolute Gasteiger partial charge is 0.354 e. The van der Waals surface area contributed by atoms with E-state index in [2.05, 4.69) is 4.98 Å². The highest BCUT2D eigenvalue weighted by molar-refractivity contribution is 5.87. The van der Waals surface area contributed by atoms with Crippen LogP contribution in [0.4, 0.5) is 11.5 Å². The molecular formula is C13H17N3O3. The van der Waals surface area contributed by atoms with Gasteiger partial charge in [-0.1, -0.05) is 0 Å². The number of hydrogen-bond acceptors (Lipinski definition) is 5. The van der Waals surface area contributed by atoms with Crippen LogP contribution in [0.25, 0.3) is 0 Å². The molecule has 0 amide bonds. The molecule has 1 aromatic heterocycles. The molecular weight excluding hydrogens is 246 g/mol. The minimum absolute atomic E-state index is 0.00167. The van der Waals surface area contributed by atoms with Gasteiger partial charge in [0.15, 0.2) is 11.5 Å². The standard InChI is InChI=1S/C13H17N3O3/c14-9-2-3-10(13(18)19)15-12(9)16-5-7-1-4-11(17)8(7)6-16/h2-3,7-8,11,17H,1,4-6,14H2,(H,18,19). The first-order valence-corrected chi connectivity index (χ1v) is 6.49. The van der Waals surface area contributed by atoms with Gasteiger partial charge in [0.25, 0.3) is 0 Å². The first kappa shape index (κ1) is 12.2. The number of aromatic carboxylic acids is 1. The van der Waals surface area contributed by atoms with Crippen LogP contribution in [0.1, 0.15) is 23.3 Å². The number of carboxylic acid groups (broad SMARTS) is 1. The van der Waals surface area contributed by atoms with Gasteiger partial charge in [-0.15, -0.1) is 0 Å². The highest BCUT2D eigenvalue weighted by atomic mass is 16.4. The number of carboxylic acids is 1. The van der Waals surface area contributed by atoms with Gasteiger partial charge in [-0.05, 0) is 30.9 Å². The third-order valence-corrected chi connectivity index (χ3v) is 4.24. The first-order chi connectivity index (χ1) is 9.06. The summed E-state index contributed by atoms with van der Waals surface area (Å²) in [5, 5.41) is 18.9. The third kappa shape index (κ3) is 2.02. The zero-order chi connectivity index (χ0) is 13.6. The molecule has 6 nitrogen and oxygen atoms in total. The molecule has 0 bridgehead atoms. The maximum atomic E-state index is 11.0. The first-order valence-electron chi connectivity index (χ1n) is 6.49. The normalized spacial score (nSPS) is 29.5. The number of anilines is 2. The molecule has 1 aliphatic heterocycles. The van der Waals surface area contributed by atoms with Crippen molar-refractivity contribution in [3.05, 3.63) is 17.8 Å². The lowest BCUT2D eigenvalue weighted by atomic mass is 10.00. The van der Waals surface area contributed by atoms with Gasteiger partial charge in [0.2, 0.25) is 0 Å². The minimum atomic E-state index is -1.05. The van der Waals surface area contributed by atoms with Crippen LogP contribution in [-0.4, -0.2) is 40.4 Å². The lowest BCUT2D eigenvalue weighted by Gasteiger charge is -2.21. The number of nitrogens with zero attached hydrogens (tertiary/aromatic N) is 2. The number of aliphatic hydroxyl groups excluding tert-OH is 1. The van der Waals surface area contributed by atoms with E-state index in [9.17, 15) is 9.90 Å². The molecule has 0 aromatic carbocycles. The van der Waals surface area contributed by atoms with Crippen LogP contribution in [0.5, 0.6) is 0 Å². The summed E-state index contributed by atoms with van der Waals surface area (Å²) in [6.07, 6.45) is 1.63. The van der Waals surface area contributed by atoms with Crippen molar-refractivity contribution < 1.29 is 15.0 Å². The van der Waals surface area contributed by atoms with E-state index in [1.807, 2.05) is 4.90 Å². The number of nitrogens with two attached hydrogens (primary N) is 1. The van der Waals surface area contributed by atoms with Gasteiger partial charge in [-0.2, -0.15) is 0 Å². The van der Waals surface area contributed by atoms with E-state index in [0.29, 0.717) is 24.0 Å². The largest absolute Gasteiger partial charge is 0.477 e. The molecule has 2 fully saturated rings. The molecule has 1 aliphatic carbocycles. The second-order valence-electron chi connectivity index (χ2n) is 5.39. The maximum Gasteiger partial charge on any atom is 0.354 e. The summed E-state index contributed by atoms with van der Waals surface area (Å²) < 4.78 is 0. The van der Waals surface area contributed by atoms with Gasteiger partial charge in [0.05, 0.1) is 11.8 Å². The fourth-order valence-corrected chi connectivity index (χ4v) is 3.24. The second-order valence-corrected chi connectivity index (χ2v) is 5.39. The van der Waals surface area contributed by atoms with Crippen molar-refractivity contribution in [1.29, 1.82) is 0 Å². The molecule has 19 heavy (non-hydrogen) atoms. The second kappa shape index (κ2) is 4.38. The molecule has 0 radical (unpaired) electrons. The average Bonchev–Trinajstić information content (AvgIpc) is 2.92. The topological polar surface area (TPSA) is 99.7 Å². The number of aliphatic hydroxyl groups is 1. The van der Waals surface area contributed by atoms with E-state index < -0.39 is 5.97 Å². The minimum Gasteiger partial charge on any atom is -0.477 e. The highest BCUT2D eigenvalue weighted by Gasteiger charge is 2.42. The van der Waals surface area contributed by atoms with Gasteiger partial charge in [-0.3, -0.25) is 0 Å². The van der Waals surface area contributed by atoms with Crippen LogP contribution in [0.15, 0.2) is 12.1 Å². The Kier molecular flexibility index (Phi) is 2.82. The van der Waals surface area contributed by atoms with E-state index in [1.54, 1.807) is 6.07 Å². The number of hydrogen-bond donors (Lipinski definition) is 3. The lowest BCUT2D eigenvalue weighted by Crippen LogP contribution is -2.26. The number of carbonyl (C=O) groups is 1. The molecule has 4 N–H and O–H groups in total. The summed E-state index contributed by atoms with van der Waals surface area (Å²) in [4.78, 5) is 17.1. The fraction of sp³-hybridized carbons (Fsp3) is 0.538. The zero-order valence-corrected chi connectivity index (χ0v) is 10.5. The number of pyridine rings is 1. The van der Waals surface area contributed by atoms with E-state index >= 15 is 0 Å². The molecule has 1 saturated carbocycles. The van der Waals surface area contributed by atoms with Crippen LogP contribution in [0, 0.1) is 11.8 Å². The highest BCUT2D eigenvalue weighted by Crippen LogP contribution is 2.40. The molecule has 1 saturated heterocycles. The summed E-state index contributed by atoms with van der Waals surface area (Å²) in [5.41, 5.74) is 6.38. The van der Waals surface area contributed by atoms with E-state index in [4.69, 9.17) is 10.8 Å². The van der Waals surface area contributed by atoms with Crippen LogP contribution >= 0.6 is 0 Å². The summed E-state index contributed by atoms with van der Waals surface area (Å²) in [7, 11) is 0. The molecule has 102 valence electrons. The van der Waals surface area contributed by atoms with Crippen molar-refractivity contribution in [3.8, 4) is 0 Å². The van der Waals surface area contributed by atoms with Crippen molar-refractivity contribution in [3.63, 3.8) is 0 Å². The van der Waals surface area contributed by atoms with Crippen molar-refractivity contribution in [2.24, 2.45) is 11.8 Å². The van der Waals surface area contributed by atoms with Crippen LogP contribution in [0.2, 0.25) is 0 Å². The predicted molar refractivity (Wildman–Crippen MR) is 70.0 cm³/mol. The van der Waals surface area contributed by atoms with Crippen molar-refractivity contribution in [2.75, 3.05) is 23.7 Å². The third-order valence-electron chi connectivity index (χ3n) is 4.24. The molecule has 2 aliphatic rings. The summed E-state index contributed by atoms with van der Waals surface area (Å²) in [5.74, 6) is 0.196. The van der Waals surface area contributed by atoms with Gasteiger partial charge in [0, 0.05) is 19.0 Å². The van der Waals surface area contributed by atoms with E-state index in [0.717, 1.165) is 19.4 Å². The molecule has 3 unspecified atom stereocenters. The lowest BCUT2D eigenvalue weighted by molar-refractivity contribution is 0.0690. The van der Waals surface area contributed by atoms with Gasteiger partial charge >= 0.3 is 5.97 Å². The Labute approximate surface area is 110 Å². The van der Waals surface area contributed by atoms with Gasteiger partial charge in [-0.25, -0.2) is 9.78 Å². The average molecular weight is 263 g/mol. The van der Waals surface area contributed by atoms with Crippen LogP contribution < -0.4 is 10.6 Å². The van der Waals surface area contributed by atoms with Crippen molar-refractivity contribution >= 4 is 17.5 Å². The molecule has 6 heteroatoms. The number of aromatic nitrogens is 1. The van der Waals surface area contributed by atoms with Gasteiger partial charge in [0.1, 0.15) is 0 Å². The number of fused-ring (bicyclic) bond motifs is 1. The van der Waals surface area contributed by atoms with Crippen molar-refractivity contribution in [1.82, 2.24) is 4.98 Å². The maximum absolute atomic E-state index is 11.0. The van der Waals surface area contributed by atoms with Crippen LogP contribution in [0.3, 0.4) is 0 Å². The van der Waals surface area contributed by atoms with Crippen molar-refractivity contribution in [2.45, 2.75) is 18.9 Å². The van der Waals surface area contributed by atoms with E-state index in [-0.39, 0.29) is 17.7 Å². The Bertz CT molecular complexity index is 520. The number of nitrogen functional groups attached to an aromatic ring is 1. The Balaban J connectivity index is 1.87. The molecule has 0 spiro atoms. The summed E-state index contributed by atoms with van der Waals surface area (Å²) in [6.45, 7) is 1.49. The molecule has 1 aromatic rings. The molecule has 3 rings (SSSR count). The Hall–Kier alpha value is -1.82. The monoisotopic (exact) mass is 263 g/mol. The Morgan fingerprint density at radius 1 is 1.37 bits per heavy atom. The number of rotatable bonds is 2. The van der Waals surface area contributed by atoms with Gasteiger partial charge < -0.3 is 20.8 Å². The predicted octanol–water partition coefficient (Wildman–Crippen LogP) is 0.569.